The predicted octanol–water partition coefficient (Wildman–Crippen LogP) is 2.89. The number of thiophene rings is 1. The highest BCUT2D eigenvalue weighted by Gasteiger charge is 2.10. The molecule has 4 heterocycles. The third-order valence-corrected chi connectivity index (χ3v) is 4.65. The fraction of sp³-hybridized carbons (Fsp3) is 0.111. The summed E-state index contributed by atoms with van der Waals surface area (Å²) in [5, 5.41) is 13.6. The summed E-state index contributed by atoms with van der Waals surface area (Å²) in [7, 11) is 0. The first kappa shape index (κ1) is 16.2. The van der Waals surface area contributed by atoms with E-state index < -0.39 is 0 Å². The number of aromatic nitrogens is 5. The monoisotopic (exact) mass is 364 g/mol. The number of hydrogen-bond acceptors (Lipinski definition) is 5. The molecule has 0 aliphatic heterocycles. The molecular formula is C18H16N6OS. The van der Waals surface area contributed by atoms with Gasteiger partial charge in [0.1, 0.15) is 12.4 Å². The molecule has 4 rings (SSSR count). The maximum atomic E-state index is 12.4. The van der Waals surface area contributed by atoms with Crippen LogP contribution in [0.25, 0.3) is 11.3 Å². The first-order valence-electron chi connectivity index (χ1n) is 8.06. The van der Waals surface area contributed by atoms with Gasteiger partial charge in [0.25, 0.3) is 0 Å². The Balaban J connectivity index is 1.41. The first-order valence-corrected chi connectivity index (χ1v) is 8.94. The van der Waals surface area contributed by atoms with Crippen molar-refractivity contribution < 1.29 is 4.79 Å². The van der Waals surface area contributed by atoms with Gasteiger partial charge in [-0.15, -0.1) is 11.3 Å². The van der Waals surface area contributed by atoms with Crippen molar-refractivity contribution in [3.63, 3.8) is 0 Å². The van der Waals surface area contributed by atoms with Crippen molar-refractivity contribution in [1.82, 2.24) is 24.5 Å². The molecule has 0 atom stereocenters. The molecular weight excluding hydrogens is 348 g/mol. The van der Waals surface area contributed by atoms with Gasteiger partial charge in [0.2, 0.25) is 5.91 Å². The van der Waals surface area contributed by atoms with Crippen LogP contribution in [0.15, 0.2) is 66.6 Å². The first-order chi connectivity index (χ1) is 12.8. The Morgan fingerprint density at radius 1 is 1.12 bits per heavy atom. The van der Waals surface area contributed by atoms with Crippen molar-refractivity contribution >= 4 is 23.1 Å². The zero-order chi connectivity index (χ0) is 17.8. The van der Waals surface area contributed by atoms with E-state index in [0.29, 0.717) is 12.4 Å². The quantitative estimate of drug-likeness (QED) is 0.571. The molecule has 0 fully saturated rings. The van der Waals surface area contributed by atoms with E-state index in [-0.39, 0.29) is 12.5 Å². The van der Waals surface area contributed by atoms with Gasteiger partial charge in [-0.1, -0.05) is 6.07 Å². The maximum absolute atomic E-state index is 12.4. The molecule has 0 bridgehead atoms. The van der Waals surface area contributed by atoms with Gasteiger partial charge in [-0.05, 0) is 29.6 Å². The molecule has 0 saturated heterocycles. The van der Waals surface area contributed by atoms with Crippen molar-refractivity contribution in [2.75, 3.05) is 5.32 Å². The highest BCUT2D eigenvalue weighted by molar-refractivity contribution is 7.09. The summed E-state index contributed by atoms with van der Waals surface area (Å²) < 4.78 is 3.39. The van der Waals surface area contributed by atoms with Crippen LogP contribution in [0.1, 0.15) is 4.88 Å². The molecule has 4 aromatic heterocycles. The van der Waals surface area contributed by atoms with Gasteiger partial charge >= 0.3 is 0 Å². The average molecular weight is 364 g/mol. The van der Waals surface area contributed by atoms with Crippen LogP contribution in [-0.4, -0.2) is 30.5 Å². The molecule has 1 N–H and O–H groups in total. The number of rotatable bonds is 6. The minimum atomic E-state index is -0.151. The summed E-state index contributed by atoms with van der Waals surface area (Å²) in [6, 6.07) is 11.5. The summed E-state index contributed by atoms with van der Waals surface area (Å²) in [6.07, 6.45) is 6.91. The maximum Gasteiger partial charge on any atom is 0.247 e. The number of anilines is 1. The van der Waals surface area contributed by atoms with Crippen molar-refractivity contribution in [2.24, 2.45) is 0 Å². The largest absolute Gasteiger partial charge is 0.309 e. The van der Waals surface area contributed by atoms with Gasteiger partial charge in [0.15, 0.2) is 0 Å². The second kappa shape index (κ2) is 7.32. The molecule has 0 spiro atoms. The number of nitrogens with zero attached hydrogens (tertiary/aromatic N) is 5. The van der Waals surface area contributed by atoms with Gasteiger partial charge in [-0.2, -0.15) is 10.2 Å². The lowest BCUT2D eigenvalue weighted by Gasteiger charge is -2.08. The average Bonchev–Trinajstić information content (AvgIpc) is 3.40. The van der Waals surface area contributed by atoms with Crippen LogP contribution in [0.4, 0.5) is 5.82 Å². The third kappa shape index (κ3) is 3.70. The fourth-order valence-electron chi connectivity index (χ4n) is 2.57. The SMILES string of the molecule is O=C(Cn1ccc(-c2ccncc2)n1)Nc1ccnn1Cc1cccs1. The van der Waals surface area contributed by atoms with E-state index in [2.05, 4.69) is 20.5 Å². The Kier molecular flexibility index (Phi) is 4.57. The topological polar surface area (TPSA) is 77.6 Å². The molecule has 4 aromatic rings. The number of hydrogen-bond donors (Lipinski definition) is 1. The molecule has 0 saturated carbocycles. The van der Waals surface area contributed by atoms with Crippen molar-refractivity contribution in [3.8, 4) is 11.3 Å². The summed E-state index contributed by atoms with van der Waals surface area (Å²) >= 11 is 1.66. The van der Waals surface area contributed by atoms with E-state index in [1.807, 2.05) is 35.7 Å². The smallest absolute Gasteiger partial charge is 0.247 e. The molecule has 1 amide bonds. The molecule has 0 aromatic carbocycles. The second-order valence-electron chi connectivity index (χ2n) is 5.64. The van der Waals surface area contributed by atoms with E-state index in [1.165, 1.54) is 4.88 Å². The van der Waals surface area contributed by atoms with Crippen LogP contribution in [0, 0.1) is 0 Å². The van der Waals surface area contributed by atoms with E-state index >= 15 is 0 Å². The van der Waals surface area contributed by atoms with E-state index in [1.54, 1.807) is 51.6 Å². The van der Waals surface area contributed by atoms with Crippen LogP contribution in [0.3, 0.4) is 0 Å². The van der Waals surface area contributed by atoms with Gasteiger partial charge in [-0.3, -0.25) is 14.5 Å². The van der Waals surface area contributed by atoms with Crippen LogP contribution in [0.5, 0.6) is 0 Å². The molecule has 0 unspecified atom stereocenters. The zero-order valence-electron chi connectivity index (χ0n) is 13.8. The molecule has 26 heavy (non-hydrogen) atoms. The predicted molar refractivity (Wildman–Crippen MR) is 99.7 cm³/mol. The van der Waals surface area contributed by atoms with Gasteiger partial charge in [0, 0.05) is 35.1 Å². The van der Waals surface area contributed by atoms with Crippen LogP contribution >= 0.6 is 11.3 Å². The van der Waals surface area contributed by atoms with E-state index in [0.717, 1.165) is 11.3 Å². The lowest BCUT2D eigenvalue weighted by molar-refractivity contribution is -0.116. The Hall–Kier alpha value is -3.26. The summed E-state index contributed by atoms with van der Waals surface area (Å²) in [5.74, 6) is 0.521. The lowest BCUT2D eigenvalue weighted by Crippen LogP contribution is -2.21. The van der Waals surface area contributed by atoms with Crippen LogP contribution < -0.4 is 5.32 Å². The number of nitrogens with one attached hydrogen (secondary N) is 1. The van der Waals surface area contributed by atoms with Gasteiger partial charge < -0.3 is 5.32 Å². The summed E-state index contributed by atoms with van der Waals surface area (Å²) in [6.45, 7) is 0.767. The lowest BCUT2D eigenvalue weighted by atomic mass is 10.2. The number of carbonyl (C=O) groups excluding carboxylic acids is 1. The van der Waals surface area contributed by atoms with Gasteiger partial charge in [0.05, 0.1) is 18.4 Å². The van der Waals surface area contributed by atoms with E-state index in [4.69, 9.17) is 0 Å². The molecule has 0 aliphatic carbocycles. The Morgan fingerprint density at radius 3 is 2.81 bits per heavy atom. The fourth-order valence-corrected chi connectivity index (χ4v) is 3.26. The molecule has 8 heteroatoms. The zero-order valence-corrected chi connectivity index (χ0v) is 14.6. The number of amides is 1. The standard InChI is InChI=1S/C18H16N6OS/c25-18(13-23-10-6-16(22-23)14-3-7-19-8-4-14)21-17-5-9-20-24(17)12-15-2-1-11-26-15/h1-11H,12-13H2,(H,21,25). The normalized spacial score (nSPS) is 10.8. The Labute approximate surface area is 153 Å². The highest BCUT2D eigenvalue weighted by atomic mass is 32.1. The molecule has 0 aliphatic rings. The van der Waals surface area contributed by atoms with Crippen LogP contribution in [-0.2, 0) is 17.9 Å². The molecule has 130 valence electrons. The molecule has 0 radical (unpaired) electrons. The Morgan fingerprint density at radius 2 is 2.00 bits per heavy atom. The highest BCUT2D eigenvalue weighted by Crippen LogP contribution is 2.16. The minimum Gasteiger partial charge on any atom is -0.309 e. The van der Waals surface area contributed by atoms with Crippen molar-refractivity contribution in [1.29, 1.82) is 0 Å². The van der Waals surface area contributed by atoms with Gasteiger partial charge in [-0.25, -0.2) is 4.68 Å². The van der Waals surface area contributed by atoms with Crippen LogP contribution in [0.2, 0.25) is 0 Å². The second-order valence-corrected chi connectivity index (χ2v) is 6.67. The van der Waals surface area contributed by atoms with Crippen molar-refractivity contribution in [2.45, 2.75) is 13.1 Å². The number of pyridine rings is 1. The van der Waals surface area contributed by atoms with Crippen molar-refractivity contribution in [3.05, 3.63) is 71.4 Å². The summed E-state index contributed by atoms with van der Waals surface area (Å²) in [5.41, 5.74) is 1.77. The Bertz CT molecular complexity index is 990. The number of carbonyl (C=O) groups is 1. The minimum absolute atomic E-state index is 0.134. The third-order valence-electron chi connectivity index (χ3n) is 3.79. The summed E-state index contributed by atoms with van der Waals surface area (Å²) in [4.78, 5) is 17.5. The van der Waals surface area contributed by atoms with E-state index in [9.17, 15) is 4.79 Å². The molecule has 7 nitrogen and oxygen atoms in total.